The highest BCUT2D eigenvalue weighted by atomic mass is 35.5. The second-order valence-corrected chi connectivity index (χ2v) is 7.53. The minimum absolute atomic E-state index is 0.186. The second kappa shape index (κ2) is 12.6. The molecule has 0 saturated heterocycles. The van der Waals surface area contributed by atoms with E-state index in [-0.39, 0.29) is 11.8 Å². The molecule has 140 valence electrons. The van der Waals surface area contributed by atoms with Gasteiger partial charge < -0.3 is 10.6 Å². The van der Waals surface area contributed by atoms with E-state index in [4.69, 9.17) is 46.4 Å². The van der Waals surface area contributed by atoms with E-state index in [2.05, 4.69) is 10.6 Å². The third-order valence-corrected chi connectivity index (χ3v) is 4.51. The van der Waals surface area contributed by atoms with Crippen LogP contribution in [0.4, 0.5) is 0 Å². The molecule has 2 amide bonds. The van der Waals surface area contributed by atoms with Crippen LogP contribution in [-0.4, -0.2) is 29.7 Å². The van der Waals surface area contributed by atoms with Crippen molar-refractivity contribution in [1.82, 2.24) is 10.6 Å². The molecule has 0 heterocycles. The first-order valence-corrected chi connectivity index (χ1v) is 9.84. The summed E-state index contributed by atoms with van der Waals surface area (Å²) >= 11 is 22.7. The fourth-order valence-electron chi connectivity index (χ4n) is 2.22. The number of alkyl halides is 2. The van der Waals surface area contributed by atoms with Gasteiger partial charge in [0, 0.05) is 18.1 Å². The Bertz CT molecular complexity index is 568. The first kappa shape index (κ1) is 22.4. The Balaban J connectivity index is 2.01. The van der Waals surface area contributed by atoms with Crippen LogP contribution >= 0.6 is 46.4 Å². The highest BCUT2D eigenvalue weighted by Gasteiger charge is 2.10. The van der Waals surface area contributed by atoms with E-state index >= 15 is 0 Å². The molecule has 0 fully saturated rings. The lowest BCUT2D eigenvalue weighted by Crippen LogP contribution is -2.29. The first-order valence-electron chi connectivity index (χ1n) is 8.21. The lowest BCUT2D eigenvalue weighted by molar-refractivity contribution is -0.119. The molecule has 0 aromatic heterocycles. The molecular weight excluding hydrogens is 406 g/mol. The van der Waals surface area contributed by atoms with Gasteiger partial charge in [-0.1, -0.05) is 72.1 Å². The van der Waals surface area contributed by atoms with Crippen LogP contribution in [-0.2, 0) is 4.79 Å². The largest absolute Gasteiger partial charge is 0.354 e. The fraction of sp³-hybridized carbons (Fsp3) is 0.529. The van der Waals surface area contributed by atoms with Crippen molar-refractivity contribution in [3.8, 4) is 0 Å². The number of unbranched alkanes of at least 4 members (excludes halogenated alkanes) is 5. The van der Waals surface area contributed by atoms with Crippen molar-refractivity contribution in [2.24, 2.45) is 0 Å². The predicted molar refractivity (Wildman–Crippen MR) is 105 cm³/mol. The van der Waals surface area contributed by atoms with Crippen molar-refractivity contribution < 1.29 is 9.59 Å². The van der Waals surface area contributed by atoms with Crippen LogP contribution in [0.3, 0.4) is 0 Å². The summed E-state index contributed by atoms with van der Waals surface area (Å²) in [5.41, 5.74) is 0.434. The van der Waals surface area contributed by atoms with Crippen LogP contribution in [0.5, 0.6) is 0 Å². The molecule has 0 spiro atoms. The molecule has 25 heavy (non-hydrogen) atoms. The Morgan fingerprint density at radius 2 is 1.44 bits per heavy atom. The molecule has 0 aliphatic rings. The van der Waals surface area contributed by atoms with E-state index in [1.54, 1.807) is 18.2 Å². The number of carbonyl (C=O) groups excluding carboxylic acids is 2. The molecule has 0 aliphatic heterocycles. The Kier molecular flexibility index (Phi) is 11.3. The summed E-state index contributed by atoms with van der Waals surface area (Å²) in [4.78, 5) is 22.1. The zero-order chi connectivity index (χ0) is 18.7. The maximum absolute atomic E-state index is 12.0. The van der Waals surface area contributed by atoms with Crippen molar-refractivity contribution in [2.75, 3.05) is 13.1 Å². The van der Waals surface area contributed by atoms with Gasteiger partial charge in [0.2, 0.25) is 0 Å². The number of nitrogens with one attached hydrogen (secondary N) is 2. The molecule has 0 bridgehead atoms. The van der Waals surface area contributed by atoms with Gasteiger partial charge in [-0.2, -0.15) is 0 Å². The summed E-state index contributed by atoms with van der Waals surface area (Å²) in [6.07, 6.45) is 6.04. The molecular formula is C17H22Cl4N2O2. The van der Waals surface area contributed by atoms with Crippen molar-refractivity contribution in [1.29, 1.82) is 0 Å². The summed E-state index contributed by atoms with van der Waals surface area (Å²) in [7, 11) is 0. The number of amides is 2. The van der Waals surface area contributed by atoms with E-state index in [9.17, 15) is 9.59 Å². The van der Waals surface area contributed by atoms with Crippen molar-refractivity contribution in [3.63, 3.8) is 0 Å². The van der Waals surface area contributed by atoms with E-state index in [0.29, 0.717) is 28.7 Å². The number of hydrogen-bond donors (Lipinski definition) is 2. The lowest BCUT2D eigenvalue weighted by atomic mass is 10.1. The Morgan fingerprint density at radius 1 is 0.880 bits per heavy atom. The highest BCUT2D eigenvalue weighted by molar-refractivity contribution is 6.53. The van der Waals surface area contributed by atoms with Crippen molar-refractivity contribution >= 4 is 58.2 Å². The summed E-state index contributed by atoms with van der Waals surface area (Å²) in [6.45, 7) is 1.20. The quantitative estimate of drug-likeness (QED) is 0.386. The molecule has 1 rings (SSSR count). The summed E-state index contributed by atoms with van der Waals surface area (Å²) in [6, 6.07) is 4.82. The molecule has 0 aliphatic carbocycles. The molecule has 2 N–H and O–H groups in total. The van der Waals surface area contributed by atoms with Gasteiger partial charge in [-0.15, -0.1) is 0 Å². The van der Waals surface area contributed by atoms with Gasteiger partial charge in [0.25, 0.3) is 11.8 Å². The normalized spacial score (nSPS) is 10.8. The van der Waals surface area contributed by atoms with Crippen LogP contribution in [0.2, 0.25) is 10.0 Å². The van der Waals surface area contributed by atoms with E-state index in [1.807, 2.05) is 0 Å². The van der Waals surface area contributed by atoms with Gasteiger partial charge in [-0.3, -0.25) is 9.59 Å². The molecule has 0 unspecified atom stereocenters. The fourth-order valence-corrected chi connectivity index (χ4v) is 2.87. The van der Waals surface area contributed by atoms with Crippen LogP contribution in [0, 0.1) is 0 Å². The zero-order valence-corrected chi connectivity index (χ0v) is 16.8. The summed E-state index contributed by atoms with van der Waals surface area (Å²) < 4.78 is 0. The summed E-state index contributed by atoms with van der Waals surface area (Å²) in [5, 5.41) is 6.37. The van der Waals surface area contributed by atoms with E-state index < -0.39 is 4.84 Å². The molecule has 0 saturated carbocycles. The van der Waals surface area contributed by atoms with Gasteiger partial charge in [0.15, 0.2) is 4.84 Å². The third-order valence-electron chi connectivity index (χ3n) is 3.56. The SMILES string of the molecule is O=C(NCCCCCCCCNC(=O)C(Cl)Cl)c1ccc(Cl)cc1Cl. The number of rotatable bonds is 11. The number of halogens is 4. The number of carbonyl (C=O) groups is 2. The Morgan fingerprint density at radius 3 is 2.00 bits per heavy atom. The molecule has 0 radical (unpaired) electrons. The van der Waals surface area contributed by atoms with Gasteiger partial charge in [0.1, 0.15) is 0 Å². The monoisotopic (exact) mass is 426 g/mol. The molecule has 0 atom stereocenters. The number of benzene rings is 1. The van der Waals surface area contributed by atoms with Gasteiger partial charge in [-0.05, 0) is 31.0 Å². The maximum atomic E-state index is 12.0. The van der Waals surface area contributed by atoms with Crippen LogP contribution < -0.4 is 10.6 Å². The van der Waals surface area contributed by atoms with Gasteiger partial charge in [-0.25, -0.2) is 0 Å². The van der Waals surface area contributed by atoms with Crippen LogP contribution in [0.15, 0.2) is 18.2 Å². The molecule has 8 heteroatoms. The van der Waals surface area contributed by atoms with Gasteiger partial charge in [0.05, 0.1) is 10.6 Å². The highest BCUT2D eigenvalue weighted by Crippen LogP contribution is 2.20. The minimum Gasteiger partial charge on any atom is -0.354 e. The zero-order valence-electron chi connectivity index (χ0n) is 13.8. The van der Waals surface area contributed by atoms with Crippen LogP contribution in [0.25, 0.3) is 0 Å². The molecule has 1 aromatic rings. The smallest absolute Gasteiger partial charge is 0.253 e. The van der Waals surface area contributed by atoms with Crippen molar-refractivity contribution in [3.05, 3.63) is 33.8 Å². The van der Waals surface area contributed by atoms with E-state index in [1.165, 1.54) is 0 Å². The number of hydrogen-bond acceptors (Lipinski definition) is 2. The Hall–Kier alpha value is -0.680. The average Bonchev–Trinajstić information content (AvgIpc) is 2.55. The topological polar surface area (TPSA) is 58.2 Å². The van der Waals surface area contributed by atoms with Gasteiger partial charge >= 0.3 is 0 Å². The van der Waals surface area contributed by atoms with Crippen LogP contribution in [0.1, 0.15) is 48.9 Å². The summed E-state index contributed by atoms with van der Waals surface area (Å²) in [5.74, 6) is -0.533. The molecule has 4 nitrogen and oxygen atoms in total. The lowest BCUT2D eigenvalue weighted by Gasteiger charge is -2.07. The Labute approximate surface area is 168 Å². The standard InChI is InChI=1S/C17H22Cl4N2O2/c18-12-7-8-13(14(19)11-12)16(24)22-9-5-3-1-2-4-6-10-23-17(25)15(20)21/h7-8,11,15H,1-6,9-10H2,(H,22,24)(H,23,25). The minimum atomic E-state index is -1.00. The maximum Gasteiger partial charge on any atom is 0.253 e. The second-order valence-electron chi connectivity index (χ2n) is 5.59. The first-order chi connectivity index (χ1) is 11.9. The average molecular weight is 428 g/mol. The van der Waals surface area contributed by atoms with E-state index in [0.717, 1.165) is 38.5 Å². The predicted octanol–water partition coefficient (Wildman–Crippen LogP) is 4.98. The molecule has 1 aromatic carbocycles. The van der Waals surface area contributed by atoms with Crippen molar-refractivity contribution in [2.45, 2.75) is 43.4 Å². The third kappa shape index (κ3) is 9.55.